The van der Waals surface area contributed by atoms with Crippen molar-refractivity contribution in [3.63, 3.8) is 0 Å². The van der Waals surface area contributed by atoms with E-state index in [1.54, 1.807) is 0 Å². The highest BCUT2D eigenvalue weighted by atomic mass is 35.5. The van der Waals surface area contributed by atoms with Crippen LogP contribution in [-0.2, 0) is 4.79 Å². The molecule has 0 aromatic carbocycles. The Kier molecular flexibility index (Phi) is 4.11. The average Bonchev–Trinajstić information content (AvgIpc) is 3.30. The molecule has 0 N–H and O–H groups in total. The van der Waals surface area contributed by atoms with Crippen LogP contribution < -0.4 is 4.90 Å². The van der Waals surface area contributed by atoms with E-state index < -0.39 is 0 Å². The first-order valence-electron chi connectivity index (χ1n) is 7.19. The quantitative estimate of drug-likeness (QED) is 0.771. The van der Waals surface area contributed by atoms with Crippen LogP contribution in [0.5, 0.6) is 0 Å². The summed E-state index contributed by atoms with van der Waals surface area (Å²) in [5.74, 6) is 0.882. The Balaban J connectivity index is 1.75. The zero-order valence-electron chi connectivity index (χ0n) is 12.1. The third-order valence-electron chi connectivity index (χ3n) is 4.04. The number of amides is 1. The molecule has 2 aliphatic rings. The van der Waals surface area contributed by atoms with E-state index in [2.05, 4.69) is 9.97 Å². The van der Waals surface area contributed by atoms with Crippen LogP contribution in [0.3, 0.4) is 0 Å². The SMILES string of the molecule is CC1CN(c2nc(Cl)c(C#N)c(Cl)n2)CCN1C(=O)C1CC1. The maximum Gasteiger partial charge on any atom is 0.228 e. The first-order valence-corrected chi connectivity index (χ1v) is 7.95. The summed E-state index contributed by atoms with van der Waals surface area (Å²) < 4.78 is 0. The Morgan fingerprint density at radius 3 is 2.41 bits per heavy atom. The van der Waals surface area contributed by atoms with Gasteiger partial charge in [-0.05, 0) is 19.8 Å². The van der Waals surface area contributed by atoms with Gasteiger partial charge in [0.05, 0.1) is 0 Å². The zero-order valence-corrected chi connectivity index (χ0v) is 13.6. The molecule has 1 atom stereocenters. The average molecular weight is 340 g/mol. The molecular weight excluding hydrogens is 325 g/mol. The fourth-order valence-electron chi connectivity index (χ4n) is 2.66. The molecule has 2 heterocycles. The van der Waals surface area contributed by atoms with E-state index in [0.717, 1.165) is 12.8 Å². The predicted molar refractivity (Wildman–Crippen MR) is 82.9 cm³/mol. The van der Waals surface area contributed by atoms with Gasteiger partial charge >= 0.3 is 0 Å². The Morgan fingerprint density at radius 1 is 1.27 bits per heavy atom. The number of hydrogen-bond donors (Lipinski definition) is 0. The van der Waals surface area contributed by atoms with Gasteiger partial charge in [-0.25, -0.2) is 0 Å². The van der Waals surface area contributed by atoms with E-state index in [1.165, 1.54) is 0 Å². The van der Waals surface area contributed by atoms with E-state index in [0.29, 0.717) is 25.6 Å². The summed E-state index contributed by atoms with van der Waals surface area (Å²) in [6, 6.07) is 1.97. The molecule has 1 unspecified atom stereocenters. The van der Waals surface area contributed by atoms with Gasteiger partial charge in [0.1, 0.15) is 11.6 Å². The minimum Gasteiger partial charge on any atom is -0.337 e. The van der Waals surface area contributed by atoms with Crippen molar-refractivity contribution >= 4 is 35.1 Å². The van der Waals surface area contributed by atoms with Gasteiger partial charge in [0.25, 0.3) is 0 Å². The normalized spacial score (nSPS) is 21.6. The van der Waals surface area contributed by atoms with Crippen molar-refractivity contribution in [2.45, 2.75) is 25.8 Å². The van der Waals surface area contributed by atoms with Gasteiger partial charge in [0.15, 0.2) is 10.3 Å². The maximum atomic E-state index is 12.2. The molecule has 1 aromatic rings. The van der Waals surface area contributed by atoms with Gasteiger partial charge in [0.2, 0.25) is 11.9 Å². The first-order chi connectivity index (χ1) is 10.5. The molecule has 3 rings (SSSR count). The van der Waals surface area contributed by atoms with Crippen LogP contribution in [-0.4, -0.2) is 46.5 Å². The van der Waals surface area contributed by atoms with Crippen LogP contribution in [0.1, 0.15) is 25.3 Å². The van der Waals surface area contributed by atoms with Gasteiger partial charge < -0.3 is 9.80 Å². The number of carbonyl (C=O) groups excluding carboxylic acids is 1. The molecule has 1 aromatic heterocycles. The fourth-order valence-corrected chi connectivity index (χ4v) is 3.13. The maximum absolute atomic E-state index is 12.2. The molecule has 1 aliphatic heterocycles. The highest BCUT2D eigenvalue weighted by Crippen LogP contribution is 2.32. The van der Waals surface area contributed by atoms with Gasteiger partial charge in [-0.15, -0.1) is 0 Å². The summed E-state index contributed by atoms with van der Waals surface area (Å²) in [6.45, 7) is 3.90. The number of halogens is 2. The standard InChI is InChI=1S/C14H15Cl2N5O/c1-8-7-20(4-5-21(8)13(22)9-2-3-9)14-18-11(15)10(6-17)12(16)19-14/h8-9H,2-5,7H2,1H3. The molecule has 6 nitrogen and oxygen atoms in total. The predicted octanol–water partition coefficient (Wildman–Crippen LogP) is 2.10. The lowest BCUT2D eigenvalue weighted by Crippen LogP contribution is -2.55. The van der Waals surface area contributed by atoms with E-state index in [4.69, 9.17) is 28.5 Å². The highest BCUT2D eigenvalue weighted by Gasteiger charge is 2.37. The number of hydrogen-bond acceptors (Lipinski definition) is 5. The van der Waals surface area contributed by atoms with Crippen LogP contribution in [0, 0.1) is 17.2 Å². The van der Waals surface area contributed by atoms with Crippen LogP contribution in [0.2, 0.25) is 10.3 Å². The summed E-state index contributed by atoms with van der Waals surface area (Å²) in [7, 11) is 0. The van der Waals surface area contributed by atoms with Crippen molar-refractivity contribution in [1.29, 1.82) is 5.26 Å². The summed E-state index contributed by atoms with van der Waals surface area (Å²) in [5, 5.41) is 9.05. The van der Waals surface area contributed by atoms with Crippen molar-refractivity contribution in [2.75, 3.05) is 24.5 Å². The Labute approximate surface area is 138 Å². The fraction of sp³-hybridized carbons (Fsp3) is 0.571. The molecular formula is C14H15Cl2N5O. The second kappa shape index (κ2) is 5.90. The van der Waals surface area contributed by atoms with Crippen LogP contribution >= 0.6 is 23.2 Å². The molecule has 1 aliphatic carbocycles. The highest BCUT2D eigenvalue weighted by molar-refractivity contribution is 6.35. The molecule has 0 radical (unpaired) electrons. The lowest BCUT2D eigenvalue weighted by Gasteiger charge is -2.40. The monoisotopic (exact) mass is 339 g/mol. The Morgan fingerprint density at radius 2 is 1.91 bits per heavy atom. The second-order valence-corrected chi connectivity index (χ2v) is 6.41. The third kappa shape index (κ3) is 2.83. The molecule has 0 spiro atoms. The van der Waals surface area contributed by atoms with Crippen molar-refractivity contribution < 1.29 is 4.79 Å². The number of nitriles is 1. The molecule has 2 fully saturated rings. The number of nitrogens with zero attached hydrogens (tertiary/aromatic N) is 5. The van der Waals surface area contributed by atoms with Crippen molar-refractivity contribution in [1.82, 2.24) is 14.9 Å². The molecule has 116 valence electrons. The number of aromatic nitrogens is 2. The molecule has 1 saturated carbocycles. The van der Waals surface area contributed by atoms with Crippen LogP contribution in [0.25, 0.3) is 0 Å². The minimum atomic E-state index is 0.0571. The van der Waals surface area contributed by atoms with Crippen LogP contribution in [0.15, 0.2) is 0 Å². The number of rotatable bonds is 2. The largest absolute Gasteiger partial charge is 0.337 e. The van der Waals surface area contributed by atoms with Gasteiger partial charge in [0, 0.05) is 31.6 Å². The van der Waals surface area contributed by atoms with E-state index in [9.17, 15) is 4.79 Å². The Bertz CT molecular complexity index is 632. The van der Waals surface area contributed by atoms with E-state index >= 15 is 0 Å². The zero-order chi connectivity index (χ0) is 15.9. The van der Waals surface area contributed by atoms with Crippen LogP contribution in [0.4, 0.5) is 5.95 Å². The third-order valence-corrected chi connectivity index (χ3v) is 4.59. The lowest BCUT2D eigenvalue weighted by molar-refractivity contribution is -0.134. The first kappa shape index (κ1) is 15.3. The number of carbonyl (C=O) groups is 1. The molecule has 1 amide bonds. The molecule has 1 saturated heterocycles. The van der Waals surface area contributed by atoms with Gasteiger partial charge in [-0.1, -0.05) is 23.2 Å². The second-order valence-electron chi connectivity index (χ2n) is 5.69. The van der Waals surface area contributed by atoms with Gasteiger partial charge in [-0.3, -0.25) is 4.79 Å². The minimum absolute atomic E-state index is 0.0571. The van der Waals surface area contributed by atoms with Crippen molar-refractivity contribution in [3.05, 3.63) is 15.9 Å². The van der Waals surface area contributed by atoms with E-state index in [1.807, 2.05) is 22.8 Å². The number of piperazine rings is 1. The molecule has 0 bridgehead atoms. The van der Waals surface area contributed by atoms with E-state index in [-0.39, 0.29) is 33.7 Å². The summed E-state index contributed by atoms with van der Waals surface area (Å²) in [4.78, 5) is 24.4. The number of anilines is 1. The van der Waals surface area contributed by atoms with Crippen molar-refractivity contribution in [3.8, 4) is 6.07 Å². The molecule has 8 heteroatoms. The van der Waals surface area contributed by atoms with Crippen molar-refractivity contribution in [2.24, 2.45) is 5.92 Å². The summed E-state index contributed by atoms with van der Waals surface area (Å²) in [6.07, 6.45) is 2.02. The smallest absolute Gasteiger partial charge is 0.228 e. The topological polar surface area (TPSA) is 73.1 Å². The Hall–Kier alpha value is -1.58. The summed E-state index contributed by atoms with van der Waals surface area (Å²) >= 11 is 11.9. The summed E-state index contributed by atoms with van der Waals surface area (Å²) in [5.41, 5.74) is 0.0858. The molecule has 22 heavy (non-hydrogen) atoms. The lowest BCUT2D eigenvalue weighted by atomic mass is 10.1. The van der Waals surface area contributed by atoms with Gasteiger partial charge in [-0.2, -0.15) is 15.2 Å².